The summed E-state index contributed by atoms with van der Waals surface area (Å²) in [5.74, 6) is 0.494. The van der Waals surface area contributed by atoms with Crippen molar-refractivity contribution in [1.29, 1.82) is 0 Å². The van der Waals surface area contributed by atoms with Crippen molar-refractivity contribution in [2.45, 2.75) is 36.2 Å². The van der Waals surface area contributed by atoms with Crippen molar-refractivity contribution >= 4 is 37.7 Å². The standard InChI is InChI=1S/C22H28N2O2S2.Zn/c25-21-7-3-1-5-17(21)15-23-13-11-19(27)9-10-20(28)12-14-24-16-18-6-2-4-8-22(18)26;/h1-8,15-16,19-20,25-28H,9-14H2;/q;+2. The maximum atomic E-state index is 9.69. The zero-order valence-corrected chi connectivity index (χ0v) is 21.3. The first-order valence-electron chi connectivity index (χ1n) is 9.48. The number of benzene rings is 2. The Kier molecular flexibility index (Phi) is 13.0. The molecule has 0 aliphatic carbocycles. The molecule has 2 rings (SSSR count). The van der Waals surface area contributed by atoms with Crippen LogP contribution >= 0.6 is 25.3 Å². The van der Waals surface area contributed by atoms with Gasteiger partial charge in [-0.05, 0) is 49.9 Å². The molecule has 2 aromatic carbocycles. The third-order valence-corrected chi connectivity index (χ3v) is 5.38. The molecule has 0 bridgehead atoms. The minimum Gasteiger partial charge on any atom is -0.507 e. The number of rotatable bonds is 11. The van der Waals surface area contributed by atoms with Gasteiger partial charge < -0.3 is 10.2 Å². The molecule has 0 amide bonds. The van der Waals surface area contributed by atoms with Crippen molar-refractivity contribution in [2.75, 3.05) is 13.1 Å². The van der Waals surface area contributed by atoms with E-state index in [0.717, 1.165) is 36.8 Å². The topological polar surface area (TPSA) is 65.2 Å². The van der Waals surface area contributed by atoms with Gasteiger partial charge in [0.25, 0.3) is 0 Å². The fourth-order valence-electron chi connectivity index (χ4n) is 2.64. The summed E-state index contributed by atoms with van der Waals surface area (Å²) < 4.78 is 0. The first-order valence-corrected chi connectivity index (χ1v) is 10.5. The van der Waals surface area contributed by atoms with Crippen molar-refractivity contribution in [3.8, 4) is 11.5 Å². The van der Waals surface area contributed by atoms with Crippen LogP contribution in [0.1, 0.15) is 36.8 Å². The Labute approximate surface area is 197 Å². The molecule has 29 heavy (non-hydrogen) atoms. The van der Waals surface area contributed by atoms with Gasteiger partial charge in [0, 0.05) is 47.1 Å². The Balaban J connectivity index is 0.00000420. The molecule has 7 heteroatoms. The molecule has 0 aromatic heterocycles. The summed E-state index contributed by atoms with van der Waals surface area (Å²) in [6.07, 6.45) is 7.15. The zero-order chi connectivity index (χ0) is 20.2. The second kappa shape index (κ2) is 14.6. The third kappa shape index (κ3) is 10.3. The summed E-state index contributed by atoms with van der Waals surface area (Å²) in [7, 11) is 0. The predicted octanol–water partition coefficient (Wildman–Crippen LogP) is 4.79. The van der Waals surface area contributed by atoms with Gasteiger partial charge in [-0.3, -0.25) is 9.98 Å². The average Bonchev–Trinajstić information content (AvgIpc) is 2.69. The third-order valence-electron chi connectivity index (χ3n) is 4.35. The van der Waals surface area contributed by atoms with Crippen molar-refractivity contribution in [3.63, 3.8) is 0 Å². The molecule has 0 spiro atoms. The van der Waals surface area contributed by atoms with Crippen LogP contribution in [-0.4, -0.2) is 46.2 Å². The maximum absolute atomic E-state index is 9.69. The van der Waals surface area contributed by atoms with Crippen molar-refractivity contribution < 1.29 is 29.7 Å². The number of aromatic hydroxyl groups is 2. The molecule has 0 aliphatic heterocycles. The van der Waals surface area contributed by atoms with E-state index in [2.05, 4.69) is 35.2 Å². The molecule has 0 saturated heterocycles. The minimum atomic E-state index is 0. The van der Waals surface area contributed by atoms with Gasteiger partial charge in [-0.1, -0.05) is 24.3 Å². The fraction of sp³-hybridized carbons (Fsp3) is 0.364. The summed E-state index contributed by atoms with van der Waals surface area (Å²) >= 11 is 9.28. The van der Waals surface area contributed by atoms with E-state index in [4.69, 9.17) is 0 Å². The molecule has 0 fully saturated rings. The molecule has 0 saturated carbocycles. The molecule has 0 heterocycles. The Hall–Kier alpha value is -1.30. The fourth-order valence-corrected chi connectivity index (χ4v) is 3.17. The molecule has 0 aliphatic rings. The van der Waals surface area contributed by atoms with E-state index in [9.17, 15) is 10.2 Å². The SMILES string of the molecule is Oc1ccccc1C=NCCC(S)CCC(S)CCN=Cc1ccccc1O.[Zn+2]. The van der Waals surface area contributed by atoms with Crippen LogP contribution in [-0.2, 0) is 19.5 Å². The van der Waals surface area contributed by atoms with Crippen LogP contribution in [0, 0.1) is 0 Å². The van der Waals surface area contributed by atoms with E-state index in [1.807, 2.05) is 24.3 Å². The monoisotopic (exact) mass is 480 g/mol. The van der Waals surface area contributed by atoms with Crippen LogP contribution in [0.3, 0.4) is 0 Å². The molecule has 2 aromatic rings. The summed E-state index contributed by atoms with van der Waals surface area (Å²) in [5, 5.41) is 19.9. The summed E-state index contributed by atoms with van der Waals surface area (Å²) in [6, 6.07) is 14.3. The minimum absolute atomic E-state index is 0. The smallest absolute Gasteiger partial charge is 0.507 e. The Morgan fingerprint density at radius 2 is 1.07 bits per heavy atom. The average molecular weight is 482 g/mol. The largest absolute Gasteiger partial charge is 2.00 e. The summed E-state index contributed by atoms with van der Waals surface area (Å²) in [6.45, 7) is 1.37. The molecular formula is C22H28N2O2S2Zn+2. The van der Waals surface area contributed by atoms with Crippen LogP contribution in [0.25, 0.3) is 0 Å². The first-order chi connectivity index (χ1) is 13.6. The van der Waals surface area contributed by atoms with Crippen LogP contribution < -0.4 is 0 Å². The quantitative estimate of drug-likeness (QED) is 0.212. The van der Waals surface area contributed by atoms with E-state index >= 15 is 0 Å². The van der Waals surface area contributed by atoms with Gasteiger partial charge in [0.15, 0.2) is 0 Å². The van der Waals surface area contributed by atoms with Gasteiger partial charge in [-0.15, -0.1) is 0 Å². The number of aliphatic imine (C=N–C) groups is 2. The number of phenolic OH excluding ortho intramolecular Hbond substituents is 2. The molecular weight excluding hydrogens is 454 g/mol. The normalized spacial score (nSPS) is 13.4. The van der Waals surface area contributed by atoms with E-state index in [-0.39, 0.29) is 41.5 Å². The first kappa shape index (κ1) is 25.7. The van der Waals surface area contributed by atoms with E-state index in [0.29, 0.717) is 13.1 Å². The van der Waals surface area contributed by atoms with E-state index in [1.54, 1.807) is 36.7 Å². The molecule has 4 nitrogen and oxygen atoms in total. The maximum Gasteiger partial charge on any atom is 2.00 e. The van der Waals surface area contributed by atoms with Crippen molar-refractivity contribution in [1.82, 2.24) is 0 Å². The van der Waals surface area contributed by atoms with Crippen molar-refractivity contribution in [3.05, 3.63) is 59.7 Å². The van der Waals surface area contributed by atoms with Gasteiger partial charge in [0.2, 0.25) is 0 Å². The number of phenols is 2. The van der Waals surface area contributed by atoms with E-state index in [1.165, 1.54) is 0 Å². The second-order valence-corrected chi connectivity index (χ2v) is 8.11. The number of hydrogen-bond acceptors (Lipinski definition) is 6. The predicted molar refractivity (Wildman–Crippen MR) is 125 cm³/mol. The van der Waals surface area contributed by atoms with Crippen molar-refractivity contribution in [2.24, 2.45) is 9.98 Å². The molecule has 2 unspecified atom stereocenters. The van der Waals surface area contributed by atoms with Gasteiger partial charge in [0.1, 0.15) is 11.5 Å². The molecule has 2 atom stereocenters. The number of nitrogens with zero attached hydrogens (tertiary/aromatic N) is 2. The number of hydrogen-bond donors (Lipinski definition) is 4. The zero-order valence-electron chi connectivity index (χ0n) is 16.6. The molecule has 150 valence electrons. The van der Waals surface area contributed by atoms with Gasteiger partial charge >= 0.3 is 19.5 Å². The Morgan fingerprint density at radius 3 is 1.45 bits per heavy atom. The Bertz CT molecular complexity index is 721. The second-order valence-electron chi connectivity index (χ2n) is 6.65. The van der Waals surface area contributed by atoms with Gasteiger partial charge in [-0.2, -0.15) is 25.3 Å². The number of para-hydroxylation sites is 2. The van der Waals surface area contributed by atoms with Gasteiger partial charge in [0.05, 0.1) is 0 Å². The molecule has 2 N–H and O–H groups in total. The van der Waals surface area contributed by atoms with Gasteiger partial charge in [-0.25, -0.2) is 0 Å². The summed E-state index contributed by atoms with van der Waals surface area (Å²) in [5.41, 5.74) is 1.47. The number of thiol groups is 2. The van der Waals surface area contributed by atoms with Crippen LogP contribution in [0.4, 0.5) is 0 Å². The Morgan fingerprint density at radius 1 is 0.690 bits per heavy atom. The van der Waals surface area contributed by atoms with Crippen LogP contribution in [0.5, 0.6) is 11.5 Å². The summed E-state index contributed by atoms with van der Waals surface area (Å²) in [4.78, 5) is 8.75. The van der Waals surface area contributed by atoms with Crippen LogP contribution in [0.15, 0.2) is 58.5 Å². The van der Waals surface area contributed by atoms with Crippen LogP contribution in [0.2, 0.25) is 0 Å². The molecule has 0 radical (unpaired) electrons. The van der Waals surface area contributed by atoms with E-state index < -0.39 is 0 Å².